The molecule has 5 rings (SSSR count). The number of nitrogens with zero attached hydrogens (tertiary/aromatic N) is 4. The Morgan fingerprint density at radius 3 is 2.18 bits per heavy atom. The van der Waals surface area contributed by atoms with Gasteiger partial charge >= 0.3 is 5.97 Å². The molecule has 5 N–H and O–H groups in total. The molecule has 0 unspecified atom stereocenters. The number of aliphatic hydroxyl groups is 5. The lowest BCUT2D eigenvalue weighted by molar-refractivity contribution is -0.318. The number of Topliss-reactive ketones (excluding diaryl/α,β-unsaturated/α-hetero) is 1. The molecule has 3 saturated heterocycles. The third kappa shape index (κ3) is 12.7. The highest BCUT2D eigenvalue weighted by Gasteiger charge is 2.53. The van der Waals surface area contributed by atoms with Gasteiger partial charge in [0.2, 0.25) is 0 Å². The number of carbonyl (C=O) groups is 2. The van der Waals surface area contributed by atoms with E-state index < -0.39 is 130 Å². The molecule has 19 nitrogen and oxygen atoms in total. The van der Waals surface area contributed by atoms with E-state index in [4.69, 9.17) is 28.4 Å². The molecule has 68 heavy (non-hydrogen) atoms. The van der Waals surface area contributed by atoms with Crippen molar-refractivity contribution in [3.05, 3.63) is 41.7 Å². The second-order valence-corrected chi connectivity index (χ2v) is 22.6. The van der Waals surface area contributed by atoms with Crippen LogP contribution in [0.4, 0.5) is 0 Å². The lowest BCUT2D eigenvalue weighted by Crippen LogP contribution is -2.61. The average molecular weight is 983 g/mol. The number of cyclic esters (lactones) is 1. The fourth-order valence-corrected chi connectivity index (χ4v) is 11.0. The zero-order valence-electron chi connectivity index (χ0n) is 42.0. The van der Waals surface area contributed by atoms with Gasteiger partial charge in [-0.1, -0.05) is 45.0 Å². The Bertz CT molecular complexity index is 2100. The van der Waals surface area contributed by atoms with Crippen molar-refractivity contribution in [2.75, 3.05) is 27.0 Å². The number of likely N-dealkylation sites (N-methyl/N-ethyl adjacent to an activating group) is 1. The molecule has 0 spiro atoms. The van der Waals surface area contributed by atoms with Crippen molar-refractivity contribution < 1.29 is 72.0 Å². The summed E-state index contributed by atoms with van der Waals surface area (Å²) < 4.78 is 63.2. The molecule has 0 radical (unpaired) electrons. The molecule has 0 saturated carbocycles. The highest BCUT2D eigenvalue weighted by Crippen LogP contribution is 2.41. The quantitative estimate of drug-likeness (QED) is 0.181. The van der Waals surface area contributed by atoms with Gasteiger partial charge in [0.1, 0.15) is 29.7 Å². The van der Waals surface area contributed by atoms with Crippen LogP contribution in [-0.2, 0) is 60.8 Å². The number of benzene rings is 1. The molecule has 3 aliphatic rings. The van der Waals surface area contributed by atoms with Gasteiger partial charge in [-0.25, -0.2) is 13.1 Å². The molecule has 18 atom stereocenters. The molecule has 3 aliphatic heterocycles. The van der Waals surface area contributed by atoms with Gasteiger partial charge in [-0.05, 0) is 85.5 Å². The highest BCUT2D eigenvalue weighted by molar-refractivity contribution is 7.90. The molecule has 3 fully saturated rings. The molecule has 1 aromatic carbocycles. The van der Waals surface area contributed by atoms with Crippen molar-refractivity contribution in [1.29, 1.82) is 0 Å². The van der Waals surface area contributed by atoms with Crippen molar-refractivity contribution >= 4 is 21.6 Å². The molecule has 0 amide bonds. The van der Waals surface area contributed by atoms with E-state index in [9.17, 15) is 43.5 Å². The number of carbonyl (C=O) groups excluding carboxylic acids is 2. The van der Waals surface area contributed by atoms with Crippen LogP contribution in [0.1, 0.15) is 106 Å². The molecule has 0 aliphatic carbocycles. The fraction of sp³-hybridized carbons (Fsp3) is 0.792. The Labute approximate surface area is 401 Å². The van der Waals surface area contributed by atoms with E-state index in [-0.39, 0.29) is 24.2 Å². The topological polar surface area (TPSA) is 259 Å². The normalized spacial score (nSPS) is 40.5. The second-order valence-electron chi connectivity index (χ2n) is 20.6. The maximum atomic E-state index is 14.3. The van der Waals surface area contributed by atoms with Crippen LogP contribution >= 0.6 is 0 Å². The second kappa shape index (κ2) is 22.2. The van der Waals surface area contributed by atoms with Gasteiger partial charge in [0, 0.05) is 62.7 Å². The van der Waals surface area contributed by atoms with E-state index in [0.717, 1.165) is 11.8 Å². The van der Waals surface area contributed by atoms with Crippen LogP contribution in [0.15, 0.2) is 35.4 Å². The molecular formula is C48H78N4O15S. The van der Waals surface area contributed by atoms with Crippen LogP contribution in [0.3, 0.4) is 0 Å². The van der Waals surface area contributed by atoms with Gasteiger partial charge in [0.25, 0.3) is 0 Å². The van der Waals surface area contributed by atoms with Crippen molar-refractivity contribution in [2.45, 2.75) is 197 Å². The smallest absolute Gasteiger partial charge is 0.311 e. The SMILES string of the molecule is CC[C@H]1OC(=O)[C@H](C)[C@@H](O[C@H]2C[C@@](C)(OC)[C@@H](O)[C@H](C)O2)[C@H](C)[C@@H](O[C@@H]2O[C@H](C)C[C@H](N(C)CCc3cn(Cc4ccc(S(C)(=O)=O)cc4)nn3)[C@H]2O)[C@](C)(O)C[C@@H](C)C(=O)[C@H](C)[C@@H](O)[C@]1(C)O. The van der Waals surface area contributed by atoms with Gasteiger partial charge in [-0.2, -0.15) is 0 Å². The summed E-state index contributed by atoms with van der Waals surface area (Å²) in [4.78, 5) is 30.6. The standard InChI is InChI=1S/C48H78N4O15S/c1-14-36-48(10,59)41(55)28(4)38(53)26(2)22-46(8,58)43(29(5)40(30(6)44(57)65-36)66-37-23-47(9,62-12)42(56)31(7)64-37)67-45-39(54)35(21-27(3)63-45)51(11)20-19-33-25-52(50-49-33)24-32-15-17-34(18-16-32)68(13,60)61/h15-18,25-31,35-37,39-43,45,54-56,58-59H,14,19-24H2,1-13H3/t26-,27-,28+,29+,30-,31+,35+,36-,37+,39-,40+,41-,42+,43-,45+,46-,47-,48-/m1/s1. The summed E-state index contributed by atoms with van der Waals surface area (Å²) in [7, 11) is 0.0163. The van der Waals surface area contributed by atoms with Crippen molar-refractivity contribution in [3.8, 4) is 0 Å². The largest absolute Gasteiger partial charge is 0.459 e. The highest BCUT2D eigenvalue weighted by atomic mass is 32.2. The molecule has 0 bridgehead atoms. The van der Waals surface area contributed by atoms with Crippen molar-refractivity contribution in [3.63, 3.8) is 0 Å². The predicted molar refractivity (Wildman–Crippen MR) is 248 cm³/mol. The first-order valence-corrected chi connectivity index (χ1v) is 25.7. The number of methoxy groups -OCH3 is 1. The number of aliphatic hydroxyl groups excluding tert-OH is 3. The van der Waals surface area contributed by atoms with Gasteiger partial charge in [-0.15, -0.1) is 5.10 Å². The number of ether oxygens (including phenoxy) is 6. The van der Waals surface area contributed by atoms with Crippen LogP contribution in [0.25, 0.3) is 0 Å². The zero-order valence-corrected chi connectivity index (χ0v) is 42.8. The first kappa shape index (κ1) is 55.9. The number of aromatic nitrogens is 3. The Balaban J connectivity index is 1.44. The zero-order chi connectivity index (χ0) is 50.8. The van der Waals surface area contributed by atoms with E-state index in [1.165, 1.54) is 27.9 Å². The van der Waals surface area contributed by atoms with Gasteiger partial charge in [-0.3, -0.25) is 9.59 Å². The summed E-state index contributed by atoms with van der Waals surface area (Å²) in [5.41, 5.74) is -3.47. The Morgan fingerprint density at radius 1 is 0.926 bits per heavy atom. The van der Waals surface area contributed by atoms with Gasteiger partial charge in [0.05, 0.1) is 64.8 Å². The van der Waals surface area contributed by atoms with Crippen LogP contribution in [0, 0.1) is 23.7 Å². The molecule has 386 valence electrons. The Morgan fingerprint density at radius 2 is 1.57 bits per heavy atom. The first-order valence-electron chi connectivity index (χ1n) is 23.8. The van der Waals surface area contributed by atoms with Gasteiger partial charge < -0.3 is 58.9 Å². The minimum Gasteiger partial charge on any atom is -0.459 e. The number of rotatable bonds is 13. The number of ketones is 1. The summed E-state index contributed by atoms with van der Waals surface area (Å²) in [6.07, 6.45) is -7.29. The Hall–Kier alpha value is -2.99. The summed E-state index contributed by atoms with van der Waals surface area (Å²) >= 11 is 0. The monoisotopic (exact) mass is 983 g/mol. The van der Waals surface area contributed by atoms with Crippen molar-refractivity contribution in [2.24, 2.45) is 23.7 Å². The average Bonchev–Trinajstić information content (AvgIpc) is 3.73. The maximum absolute atomic E-state index is 14.3. The van der Waals surface area contributed by atoms with E-state index in [2.05, 4.69) is 10.3 Å². The minimum absolute atomic E-state index is 0.0528. The van der Waals surface area contributed by atoms with E-state index in [1.807, 2.05) is 25.1 Å². The summed E-state index contributed by atoms with van der Waals surface area (Å²) in [6, 6.07) is 6.09. The van der Waals surface area contributed by atoms with Crippen molar-refractivity contribution in [1.82, 2.24) is 19.9 Å². The molecular weight excluding hydrogens is 905 g/mol. The van der Waals surface area contributed by atoms with Crippen LogP contribution in [-0.4, -0.2) is 177 Å². The number of hydrogen-bond donors (Lipinski definition) is 5. The Kier molecular flexibility index (Phi) is 18.3. The first-order chi connectivity index (χ1) is 31.5. The maximum Gasteiger partial charge on any atom is 0.311 e. The van der Waals surface area contributed by atoms with Crippen LogP contribution in [0.5, 0.6) is 0 Å². The fourth-order valence-electron chi connectivity index (χ4n) is 10.4. The number of hydrogen-bond acceptors (Lipinski definition) is 18. The van der Waals surface area contributed by atoms with E-state index >= 15 is 0 Å². The summed E-state index contributed by atoms with van der Waals surface area (Å²) in [6.45, 7) is 17.0. The molecule has 2 aromatic rings. The lowest BCUT2D eigenvalue weighted by atomic mass is 9.74. The van der Waals surface area contributed by atoms with Gasteiger partial charge in [0.15, 0.2) is 22.4 Å². The third-order valence-electron chi connectivity index (χ3n) is 14.7. The lowest BCUT2D eigenvalue weighted by Gasteiger charge is -2.49. The third-order valence-corrected chi connectivity index (χ3v) is 15.9. The van der Waals surface area contributed by atoms with E-state index in [1.54, 1.807) is 70.5 Å². The van der Waals surface area contributed by atoms with Crippen LogP contribution in [0.2, 0.25) is 0 Å². The minimum atomic E-state index is -3.32. The molecule has 1 aromatic heterocycles. The summed E-state index contributed by atoms with van der Waals surface area (Å²) in [5.74, 6) is -5.30. The summed E-state index contributed by atoms with van der Waals surface area (Å²) in [5, 5.41) is 67.6. The van der Waals surface area contributed by atoms with E-state index in [0.29, 0.717) is 31.6 Å². The molecule has 4 heterocycles. The molecule has 20 heteroatoms. The predicted octanol–water partition coefficient (Wildman–Crippen LogP) is 2.44. The number of sulfone groups is 1. The number of esters is 1. The van der Waals surface area contributed by atoms with Crippen LogP contribution < -0.4 is 0 Å².